The molecule has 15 nitrogen and oxygen atoms in total. The highest BCUT2D eigenvalue weighted by atomic mass is 16.6. The van der Waals surface area contributed by atoms with Crippen LogP contribution in [-0.4, -0.2) is 63.2 Å². The summed E-state index contributed by atoms with van der Waals surface area (Å²) in [5, 5.41) is 34.3. The van der Waals surface area contributed by atoms with Crippen molar-refractivity contribution < 1.29 is 38.8 Å². The Balaban J connectivity index is 1.53. The van der Waals surface area contributed by atoms with Crippen molar-refractivity contribution in [3.8, 4) is 0 Å². The summed E-state index contributed by atoms with van der Waals surface area (Å²) in [6.45, 7) is -0.213. The number of carbonyl (C=O) groups excluding carboxylic acids is 3. The summed E-state index contributed by atoms with van der Waals surface area (Å²) in [5.41, 5.74) is 6.31. The van der Waals surface area contributed by atoms with Gasteiger partial charge in [0.15, 0.2) is 0 Å². The number of carbonyl (C=O) groups is 3. The number of hydrogen-bond acceptors (Lipinski definition) is 10. The number of nitro benzene ring substituents is 2. The van der Waals surface area contributed by atoms with E-state index in [1.165, 1.54) is 53.4 Å². The highest BCUT2D eigenvalue weighted by Gasteiger charge is 2.40. The monoisotopic (exact) mass is 559 g/mol. The van der Waals surface area contributed by atoms with Crippen molar-refractivity contribution in [2.24, 2.45) is 11.7 Å². The molecule has 0 radical (unpaired) electrons. The van der Waals surface area contributed by atoms with Crippen molar-refractivity contribution in [3.63, 3.8) is 0 Å². The Bertz CT molecular complexity index is 1220. The largest absolute Gasteiger partial charge is 0.445 e. The third-order valence-corrected chi connectivity index (χ3v) is 6.37. The highest BCUT2D eigenvalue weighted by Crippen LogP contribution is 2.29. The maximum absolute atomic E-state index is 12.8. The van der Waals surface area contributed by atoms with Gasteiger partial charge in [-0.1, -0.05) is 0 Å². The number of ether oxygens (including phenoxy) is 2. The van der Waals surface area contributed by atoms with Gasteiger partial charge in [0.05, 0.1) is 22.5 Å². The number of primary amides is 1. The molecular weight excluding hydrogens is 530 g/mol. The zero-order valence-electron chi connectivity index (χ0n) is 21.3. The van der Waals surface area contributed by atoms with Crippen LogP contribution >= 0.6 is 0 Å². The van der Waals surface area contributed by atoms with Gasteiger partial charge >= 0.3 is 12.2 Å². The second-order valence-corrected chi connectivity index (χ2v) is 9.23. The number of amides is 3. The average molecular weight is 560 g/mol. The molecule has 2 aromatic rings. The van der Waals surface area contributed by atoms with E-state index in [9.17, 15) is 39.7 Å². The Labute approximate surface area is 228 Å². The Kier molecular flexibility index (Phi) is 10.3. The first kappa shape index (κ1) is 29.8. The lowest BCUT2D eigenvalue weighted by Crippen LogP contribution is -2.42. The van der Waals surface area contributed by atoms with E-state index in [0.717, 1.165) is 0 Å². The van der Waals surface area contributed by atoms with E-state index in [4.69, 9.17) is 15.2 Å². The molecule has 0 bridgehead atoms. The van der Waals surface area contributed by atoms with Crippen LogP contribution in [0, 0.1) is 26.1 Å². The van der Waals surface area contributed by atoms with Gasteiger partial charge < -0.3 is 30.5 Å². The lowest BCUT2D eigenvalue weighted by Gasteiger charge is -2.30. The number of non-ortho nitro benzene ring substituents is 2. The number of nitrogens with zero attached hydrogens (tertiary/aromatic N) is 3. The Morgan fingerprint density at radius 3 is 2.00 bits per heavy atom. The Morgan fingerprint density at radius 2 is 1.50 bits per heavy atom. The van der Waals surface area contributed by atoms with Crippen LogP contribution in [0.25, 0.3) is 0 Å². The Hall–Kier alpha value is -4.79. The number of nitro groups is 2. The second kappa shape index (κ2) is 13.8. The zero-order chi connectivity index (χ0) is 29.2. The third kappa shape index (κ3) is 8.62. The summed E-state index contributed by atoms with van der Waals surface area (Å²) in [7, 11) is 0. The Morgan fingerprint density at radius 1 is 0.975 bits per heavy atom. The molecule has 214 valence electrons. The minimum Gasteiger partial charge on any atom is -0.445 e. The number of nitrogens with one attached hydrogen (secondary N) is 1. The molecule has 0 saturated carbocycles. The van der Waals surface area contributed by atoms with Crippen LogP contribution < -0.4 is 11.1 Å². The first-order chi connectivity index (χ1) is 19.0. The molecule has 1 aliphatic rings. The number of nitrogens with two attached hydrogens (primary N) is 1. The number of rotatable bonds is 12. The molecule has 2 aromatic carbocycles. The molecular formula is C25H29N5O10. The van der Waals surface area contributed by atoms with Crippen molar-refractivity contribution in [2.45, 2.75) is 44.6 Å². The van der Waals surface area contributed by atoms with E-state index in [2.05, 4.69) is 5.32 Å². The van der Waals surface area contributed by atoms with E-state index >= 15 is 0 Å². The van der Waals surface area contributed by atoms with E-state index in [1.54, 1.807) is 0 Å². The van der Waals surface area contributed by atoms with Crippen LogP contribution in [0.1, 0.15) is 30.4 Å². The summed E-state index contributed by atoms with van der Waals surface area (Å²) < 4.78 is 10.5. The van der Waals surface area contributed by atoms with Crippen molar-refractivity contribution in [3.05, 3.63) is 79.9 Å². The van der Waals surface area contributed by atoms with Crippen LogP contribution in [0.2, 0.25) is 0 Å². The smallest absolute Gasteiger partial charge is 0.410 e. The fourth-order valence-corrected chi connectivity index (χ4v) is 4.40. The van der Waals surface area contributed by atoms with Gasteiger partial charge in [-0.2, -0.15) is 0 Å². The predicted octanol–water partition coefficient (Wildman–Crippen LogP) is 2.38. The van der Waals surface area contributed by atoms with Gasteiger partial charge in [0.1, 0.15) is 13.2 Å². The minimum absolute atomic E-state index is 0.0241. The van der Waals surface area contributed by atoms with Gasteiger partial charge in [0.25, 0.3) is 11.4 Å². The fraction of sp³-hybridized carbons (Fsp3) is 0.400. The summed E-state index contributed by atoms with van der Waals surface area (Å²) in [4.78, 5) is 58.5. The molecule has 1 saturated heterocycles. The van der Waals surface area contributed by atoms with Crippen LogP contribution in [0.5, 0.6) is 0 Å². The van der Waals surface area contributed by atoms with E-state index in [1.807, 2.05) is 0 Å². The number of hydrogen-bond donors (Lipinski definition) is 3. The molecule has 3 atom stereocenters. The third-order valence-electron chi connectivity index (χ3n) is 6.37. The summed E-state index contributed by atoms with van der Waals surface area (Å²) in [6.07, 6.45) is -2.03. The maximum atomic E-state index is 12.8. The molecule has 0 aliphatic carbocycles. The highest BCUT2D eigenvalue weighted by molar-refractivity contribution is 5.74. The van der Waals surface area contributed by atoms with E-state index < -0.39 is 46.0 Å². The quantitative estimate of drug-likeness (QED) is 0.255. The van der Waals surface area contributed by atoms with Crippen molar-refractivity contribution in [1.29, 1.82) is 0 Å². The number of aliphatic hydroxyl groups is 1. The molecule has 1 unspecified atom stereocenters. The van der Waals surface area contributed by atoms with Gasteiger partial charge in [-0.05, 0) is 54.2 Å². The van der Waals surface area contributed by atoms with E-state index in [-0.39, 0.29) is 56.9 Å². The normalized spacial score (nSPS) is 17.1. The molecule has 1 fully saturated rings. The number of likely N-dealkylation sites (tertiary alicyclic amines) is 1. The first-order valence-electron chi connectivity index (χ1n) is 12.3. The van der Waals surface area contributed by atoms with Gasteiger partial charge in [-0.25, -0.2) is 9.59 Å². The molecule has 1 heterocycles. The van der Waals surface area contributed by atoms with Crippen molar-refractivity contribution in [2.75, 3.05) is 13.1 Å². The van der Waals surface area contributed by atoms with Gasteiger partial charge in [0, 0.05) is 43.3 Å². The lowest BCUT2D eigenvalue weighted by molar-refractivity contribution is -0.385. The fourth-order valence-electron chi connectivity index (χ4n) is 4.40. The minimum atomic E-state index is -0.855. The molecule has 3 rings (SSSR count). The molecule has 40 heavy (non-hydrogen) atoms. The molecule has 15 heteroatoms. The predicted molar refractivity (Wildman–Crippen MR) is 138 cm³/mol. The molecule has 0 aromatic heterocycles. The van der Waals surface area contributed by atoms with Gasteiger partial charge in [-0.15, -0.1) is 0 Å². The molecule has 3 amide bonds. The van der Waals surface area contributed by atoms with Crippen LogP contribution in [0.15, 0.2) is 48.5 Å². The molecule has 0 spiro atoms. The second-order valence-electron chi connectivity index (χ2n) is 9.23. The number of alkyl carbamates (subject to hydrolysis) is 1. The standard InChI is InChI=1S/C25H29N5O10/c26-23(32)11-18(9-10-27-24(33)39-14-16-1-5-19(6-2-16)29(35)36)22-12-21(31)13-28(22)25(34)40-15-17-3-7-20(8-4-17)30(37)38/h1-8,18,21-22,31H,9-15H2,(H2,26,32)(H,27,33)/t18?,21-,22+/m1/s1. The molecule has 1 aliphatic heterocycles. The number of β-amino-alcohol motifs (C(OH)–C–C–N with tert-alkyl or cyclic N) is 1. The van der Waals surface area contributed by atoms with Gasteiger partial charge in [0.2, 0.25) is 5.91 Å². The average Bonchev–Trinajstić information content (AvgIpc) is 3.31. The van der Waals surface area contributed by atoms with E-state index in [0.29, 0.717) is 11.1 Å². The van der Waals surface area contributed by atoms with Gasteiger partial charge in [-0.3, -0.25) is 25.0 Å². The van der Waals surface area contributed by atoms with Crippen molar-refractivity contribution in [1.82, 2.24) is 10.2 Å². The van der Waals surface area contributed by atoms with Crippen LogP contribution in [0.3, 0.4) is 0 Å². The summed E-state index contributed by atoms with van der Waals surface area (Å²) in [5.74, 6) is -1.12. The summed E-state index contributed by atoms with van der Waals surface area (Å²) in [6, 6.07) is 10.4. The molecule has 4 N–H and O–H groups in total. The van der Waals surface area contributed by atoms with Crippen molar-refractivity contribution >= 4 is 29.5 Å². The van der Waals surface area contributed by atoms with Crippen LogP contribution in [-0.2, 0) is 27.5 Å². The topological polar surface area (TPSA) is 217 Å². The summed E-state index contributed by atoms with van der Waals surface area (Å²) >= 11 is 0. The number of benzene rings is 2. The lowest BCUT2D eigenvalue weighted by atomic mass is 9.90. The number of aliphatic hydroxyl groups excluding tert-OH is 1. The zero-order valence-corrected chi connectivity index (χ0v) is 21.3. The van der Waals surface area contributed by atoms with Crippen LogP contribution in [0.4, 0.5) is 21.0 Å². The maximum Gasteiger partial charge on any atom is 0.410 e. The first-order valence-corrected chi connectivity index (χ1v) is 12.3. The SMILES string of the molecule is NC(=O)CC(CCNC(=O)OCc1ccc([N+](=O)[O-])cc1)[C@@H]1C[C@@H](O)CN1C(=O)OCc1ccc([N+](=O)[O-])cc1.